The summed E-state index contributed by atoms with van der Waals surface area (Å²) in [6.45, 7) is 5.85. The second-order valence-corrected chi connectivity index (χ2v) is 8.34. The van der Waals surface area contributed by atoms with E-state index in [-0.39, 0.29) is 36.3 Å². The molecule has 1 saturated heterocycles. The zero-order chi connectivity index (χ0) is 18.8. The fraction of sp³-hybridized carbons (Fsp3) is 0.611. The Morgan fingerprint density at radius 2 is 2.07 bits per heavy atom. The molecule has 2 N–H and O–H groups in total. The third-order valence-electron chi connectivity index (χ3n) is 4.28. The standard InChI is InChI=1S/C18H30N4O3S.HI/c1-3-19-18(22-11-9-17(14-22)15-25-2)20-10-12-26(23,24)21-13-16-7-5-4-6-8-16;/h4-8,17,21H,3,9-15H2,1-2H3,(H,19,20);1H. The normalized spacial score (nSPS) is 17.6. The molecule has 0 amide bonds. The van der Waals surface area contributed by atoms with Crippen LogP contribution < -0.4 is 10.0 Å². The first-order valence-electron chi connectivity index (χ1n) is 9.07. The fourth-order valence-corrected chi connectivity index (χ4v) is 3.82. The smallest absolute Gasteiger partial charge is 0.213 e. The lowest BCUT2D eigenvalue weighted by Crippen LogP contribution is -2.40. The maximum absolute atomic E-state index is 12.2. The maximum atomic E-state index is 12.2. The van der Waals surface area contributed by atoms with Crippen LogP contribution in [0.4, 0.5) is 0 Å². The van der Waals surface area contributed by atoms with E-state index in [9.17, 15) is 8.42 Å². The molecule has 9 heteroatoms. The Labute approximate surface area is 180 Å². The van der Waals surface area contributed by atoms with Crippen LogP contribution in [-0.2, 0) is 21.3 Å². The molecule has 1 aromatic carbocycles. The van der Waals surface area contributed by atoms with Gasteiger partial charge in [0.1, 0.15) is 0 Å². The number of ether oxygens (including phenoxy) is 1. The van der Waals surface area contributed by atoms with E-state index in [4.69, 9.17) is 4.74 Å². The van der Waals surface area contributed by atoms with Gasteiger partial charge in [-0.1, -0.05) is 30.3 Å². The van der Waals surface area contributed by atoms with Crippen LogP contribution in [0.15, 0.2) is 35.3 Å². The number of guanidine groups is 1. The van der Waals surface area contributed by atoms with Crippen LogP contribution in [0.2, 0.25) is 0 Å². The average molecular weight is 510 g/mol. The van der Waals surface area contributed by atoms with Gasteiger partial charge in [0, 0.05) is 39.2 Å². The first-order chi connectivity index (χ1) is 12.5. The van der Waals surface area contributed by atoms with Gasteiger partial charge in [-0.15, -0.1) is 24.0 Å². The molecule has 0 saturated carbocycles. The molecule has 7 nitrogen and oxygen atoms in total. The Hall–Kier alpha value is -0.910. The van der Waals surface area contributed by atoms with Crippen LogP contribution >= 0.6 is 24.0 Å². The SMILES string of the molecule is CCNC(=NCCS(=O)(=O)NCc1ccccc1)N1CCC(COC)C1.I. The Bertz CT molecular complexity index is 670. The van der Waals surface area contributed by atoms with Crippen LogP contribution in [0, 0.1) is 5.92 Å². The minimum absolute atomic E-state index is 0. The molecule has 1 atom stereocenters. The van der Waals surface area contributed by atoms with E-state index in [0.29, 0.717) is 12.5 Å². The minimum atomic E-state index is -3.36. The third-order valence-corrected chi connectivity index (χ3v) is 5.59. The van der Waals surface area contributed by atoms with Crippen molar-refractivity contribution < 1.29 is 13.2 Å². The summed E-state index contributed by atoms with van der Waals surface area (Å²) in [6.07, 6.45) is 1.06. The highest BCUT2D eigenvalue weighted by atomic mass is 127. The van der Waals surface area contributed by atoms with E-state index in [1.165, 1.54) is 0 Å². The molecule has 0 aliphatic carbocycles. The number of benzene rings is 1. The fourth-order valence-electron chi connectivity index (χ4n) is 2.96. The number of sulfonamides is 1. The quantitative estimate of drug-likeness (QED) is 0.300. The van der Waals surface area contributed by atoms with Gasteiger partial charge in [-0.05, 0) is 18.9 Å². The van der Waals surface area contributed by atoms with Crippen LogP contribution in [0.25, 0.3) is 0 Å². The van der Waals surface area contributed by atoms with Gasteiger partial charge in [-0.3, -0.25) is 4.99 Å². The molecule has 1 aliphatic heterocycles. The van der Waals surface area contributed by atoms with E-state index in [1.807, 2.05) is 37.3 Å². The van der Waals surface area contributed by atoms with Gasteiger partial charge >= 0.3 is 0 Å². The summed E-state index contributed by atoms with van der Waals surface area (Å²) >= 11 is 0. The molecule has 1 aliphatic rings. The number of halogens is 1. The topological polar surface area (TPSA) is 83.0 Å². The second kappa shape index (κ2) is 12.5. The summed E-state index contributed by atoms with van der Waals surface area (Å²) in [7, 11) is -1.64. The largest absolute Gasteiger partial charge is 0.384 e. The minimum Gasteiger partial charge on any atom is -0.384 e. The predicted molar refractivity (Wildman–Crippen MR) is 120 cm³/mol. The molecule has 0 spiro atoms. The summed E-state index contributed by atoms with van der Waals surface area (Å²) in [4.78, 5) is 6.68. The second-order valence-electron chi connectivity index (χ2n) is 6.42. The number of nitrogens with one attached hydrogen (secondary N) is 2. The lowest BCUT2D eigenvalue weighted by atomic mass is 10.1. The molecular weight excluding hydrogens is 479 g/mol. The lowest BCUT2D eigenvalue weighted by molar-refractivity contribution is 0.157. The Kier molecular flexibility index (Phi) is 11.2. The molecular formula is C18H31IN4O3S. The molecule has 2 rings (SSSR count). The lowest BCUT2D eigenvalue weighted by Gasteiger charge is -2.21. The third kappa shape index (κ3) is 8.75. The number of likely N-dealkylation sites (tertiary alicyclic amines) is 1. The molecule has 1 fully saturated rings. The highest BCUT2D eigenvalue weighted by Gasteiger charge is 2.24. The Morgan fingerprint density at radius 1 is 1.33 bits per heavy atom. The van der Waals surface area contributed by atoms with Crippen molar-refractivity contribution in [3.8, 4) is 0 Å². The van der Waals surface area contributed by atoms with Gasteiger partial charge in [0.15, 0.2) is 5.96 Å². The van der Waals surface area contributed by atoms with Crippen molar-refractivity contribution in [1.29, 1.82) is 0 Å². The van der Waals surface area contributed by atoms with Crippen LogP contribution in [0.3, 0.4) is 0 Å². The van der Waals surface area contributed by atoms with E-state index in [0.717, 1.165) is 44.2 Å². The zero-order valence-corrected chi connectivity index (χ0v) is 19.2. The van der Waals surface area contributed by atoms with Gasteiger partial charge < -0.3 is 15.0 Å². The molecule has 0 radical (unpaired) electrons. The van der Waals surface area contributed by atoms with Gasteiger partial charge in [-0.2, -0.15) is 0 Å². The molecule has 0 aromatic heterocycles. The first kappa shape index (κ1) is 24.1. The molecule has 1 heterocycles. The number of hydrogen-bond acceptors (Lipinski definition) is 4. The molecule has 0 bridgehead atoms. The highest BCUT2D eigenvalue weighted by molar-refractivity contribution is 14.0. The zero-order valence-electron chi connectivity index (χ0n) is 16.1. The number of methoxy groups -OCH3 is 1. The van der Waals surface area contributed by atoms with E-state index in [2.05, 4.69) is 19.9 Å². The molecule has 1 aromatic rings. The van der Waals surface area contributed by atoms with Crippen LogP contribution in [-0.4, -0.2) is 64.9 Å². The monoisotopic (exact) mass is 510 g/mol. The first-order valence-corrected chi connectivity index (χ1v) is 10.7. The van der Waals surface area contributed by atoms with Gasteiger partial charge in [0.2, 0.25) is 10.0 Å². The van der Waals surface area contributed by atoms with Gasteiger partial charge in [-0.25, -0.2) is 13.1 Å². The summed E-state index contributed by atoms with van der Waals surface area (Å²) in [5.74, 6) is 1.26. The van der Waals surface area contributed by atoms with Crippen molar-refractivity contribution in [3.05, 3.63) is 35.9 Å². The highest BCUT2D eigenvalue weighted by Crippen LogP contribution is 2.16. The predicted octanol–water partition coefficient (Wildman–Crippen LogP) is 1.66. The van der Waals surface area contributed by atoms with E-state index in [1.54, 1.807) is 7.11 Å². The van der Waals surface area contributed by atoms with Gasteiger partial charge in [0.25, 0.3) is 0 Å². The summed E-state index contributed by atoms with van der Waals surface area (Å²) in [6, 6.07) is 9.49. The van der Waals surface area contributed by atoms with Crippen molar-refractivity contribution in [1.82, 2.24) is 14.9 Å². The molecule has 1 unspecified atom stereocenters. The number of nitrogens with zero attached hydrogens (tertiary/aromatic N) is 2. The van der Waals surface area contributed by atoms with Crippen molar-refractivity contribution in [3.63, 3.8) is 0 Å². The van der Waals surface area contributed by atoms with E-state index < -0.39 is 10.0 Å². The van der Waals surface area contributed by atoms with Gasteiger partial charge in [0.05, 0.1) is 18.9 Å². The van der Waals surface area contributed by atoms with Crippen LogP contribution in [0.1, 0.15) is 18.9 Å². The number of hydrogen-bond donors (Lipinski definition) is 2. The Morgan fingerprint density at radius 3 is 2.74 bits per heavy atom. The van der Waals surface area contributed by atoms with Crippen molar-refractivity contribution in [2.75, 3.05) is 45.6 Å². The summed E-state index contributed by atoms with van der Waals surface area (Å²) < 4.78 is 32.2. The maximum Gasteiger partial charge on any atom is 0.213 e. The molecule has 27 heavy (non-hydrogen) atoms. The Balaban J connectivity index is 0.00000364. The van der Waals surface area contributed by atoms with Crippen molar-refractivity contribution in [2.45, 2.75) is 19.9 Å². The van der Waals surface area contributed by atoms with E-state index >= 15 is 0 Å². The van der Waals surface area contributed by atoms with Crippen molar-refractivity contribution in [2.24, 2.45) is 10.9 Å². The number of rotatable bonds is 9. The van der Waals surface area contributed by atoms with Crippen molar-refractivity contribution >= 4 is 40.0 Å². The summed E-state index contributed by atoms with van der Waals surface area (Å²) in [5.41, 5.74) is 0.939. The average Bonchev–Trinajstić information content (AvgIpc) is 3.09. The summed E-state index contributed by atoms with van der Waals surface area (Å²) in [5, 5.41) is 3.25. The van der Waals surface area contributed by atoms with Crippen LogP contribution in [0.5, 0.6) is 0 Å². The molecule has 154 valence electrons. The number of aliphatic imine (C=N–C) groups is 1.